The van der Waals surface area contributed by atoms with Crippen LogP contribution in [0.4, 0.5) is 0 Å². The molecule has 2 heterocycles. The van der Waals surface area contributed by atoms with E-state index in [1.807, 2.05) is 29.9 Å². The van der Waals surface area contributed by atoms with E-state index < -0.39 is 0 Å². The summed E-state index contributed by atoms with van der Waals surface area (Å²) in [7, 11) is 1.89. The average molecular weight is 376 g/mol. The summed E-state index contributed by atoms with van der Waals surface area (Å²) < 4.78 is 7.55. The normalized spacial score (nSPS) is 11.2. The molecule has 3 rings (SSSR count). The first-order valence-corrected chi connectivity index (χ1v) is 8.26. The van der Waals surface area contributed by atoms with Crippen LogP contribution >= 0.6 is 23.2 Å². The smallest absolute Gasteiger partial charge is 0.245 e. The Morgan fingerprint density at radius 2 is 2.12 bits per heavy atom. The number of halogens is 2. The first kappa shape index (κ1) is 17.3. The van der Waals surface area contributed by atoms with Crippen molar-refractivity contribution in [1.82, 2.24) is 9.99 Å². The van der Waals surface area contributed by atoms with Crippen LogP contribution in [-0.2, 0) is 18.3 Å². The summed E-state index contributed by atoms with van der Waals surface area (Å²) in [6.45, 7) is 0. The molecule has 0 spiro atoms. The molecule has 0 aliphatic heterocycles. The van der Waals surface area contributed by atoms with Crippen LogP contribution in [0.2, 0.25) is 10.0 Å². The lowest BCUT2D eigenvalue weighted by Crippen LogP contribution is -2.20. The molecular formula is C18H15Cl2N3O2. The molecule has 0 aliphatic rings. The van der Waals surface area contributed by atoms with E-state index in [0.717, 1.165) is 11.3 Å². The molecule has 1 amide bonds. The molecule has 0 fully saturated rings. The number of aryl methyl sites for hydroxylation is 1. The average Bonchev–Trinajstić information content (AvgIpc) is 3.17. The highest BCUT2D eigenvalue weighted by molar-refractivity contribution is 6.36. The Balaban J connectivity index is 1.62. The zero-order chi connectivity index (χ0) is 17.8. The first-order valence-electron chi connectivity index (χ1n) is 7.50. The molecule has 0 atom stereocenters. The summed E-state index contributed by atoms with van der Waals surface area (Å²) in [5.74, 6) is 0.893. The van der Waals surface area contributed by atoms with Gasteiger partial charge in [0, 0.05) is 29.5 Å². The van der Waals surface area contributed by atoms with E-state index >= 15 is 0 Å². The van der Waals surface area contributed by atoms with Crippen LogP contribution in [0.3, 0.4) is 0 Å². The van der Waals surface area contributed by atoms with Gasteiger partial charge in [0.05, 0.1) is 17.7 Å². The lowest BCUT2D eigenvalue weighted by molar-refractivity contribution is -0.120. The van der Waals surface area contributed by atoms with Gasteiger partial charge < -0.3 is 8.98 Å². The number of hydrogen-bond acceptors (Lipinski definition) is 3. The summed E-state index contributed by atoms with van der Waals surface area (Å²) in [6.07, 6.45) is 3.58. The van der Waals surface area contributed by atoms with Gasteiger partial charge in [-0.1, -0.05) is 23.2 Å². The van der Waals surface area contributed by atoms with Gasteiger partial charge in [0.2, 0.25) is 5.91 Å². The van der Waals surface area contributed by atoms with Gasteiger partial charge in [-0.2, -0.15) is 5.10 Å². The number of rotatable bonds is 5. The monoisotopic (exact) mass is 375 g/mol. The molecule has 128 valence electrons. The molecule has 5 nitrogen and oxygen atoms in total. The van der Waals surface area contributed by atoms with Crippen LogP contribution in [0.15, 0.2) is 58.2 Å². The highest BCUT2D eigenvalue weighted by atomic mass is 35.5. The fourth-order valence-electron chi connectivity index (χ4n) is 2.31. The molecule has 1 N–H and O–H groups in total. The van der Waals surface area contributed by atoms with Crippen LogP contribution in [0.1, 0.15) is 11.5 Å². The third-order valence-electron chi connectivity index (χ3n) is 3.60. The van der Waals surface area contributed by atoms with Crippen LogP contribution in [0, 0.1) is 0 Å². The van der Waals surface area contributed by atoms with E-state index in [0.29, 0.717) is 21.6 Å². The van der Waals surface area contributed by atoms with Crippen molar-refractivity contribution in [3.63, 3.8) is 0 Å². The van der Waals surface area contributed by atoms with Crippen molar-refractivity contribution in [3.05, 3.63) is 70.2 Å². The maximum atomic E-state index is 11.9. The van der Waals surface area contributed by atoms with E-state index in [1.165, 1.54) is 6.21 Å². The molecule has 0 saturated carbocycles. The number of carbonyl (C=O) groups excluding carboxylic acids is 1. The second kappa shape index (κ2) is 7.59. The fourth-order valence-corrected chi connectivity index (χ4v) is 2.81. The summed E-state index contributed by atoms with van der Waals surface area (Å²) in [5.41, 5.74) is 4.12. The van der Waals surface area contributed by atoms with Crippen molar-refractivity contribution in [3.8, 4) is 11.3 Å². The zero-order valence-electron chi connectivity index (χ0n) is 13.4. The predicted molar refractivity (Wildman–Crippen MR) is 99.0 cm³/mol. The van der Waals surface area contributed by atoms with Gasteiger partial charge in [0.15, 0.2) is 0 Å². The van der Waals surface area contributed by atoms with Crippen LogP contribution < -0.4 is 5.43 Å². The van der Waals surface area contributed by atoms with E-state index in [2.05, 4.69) is 10.5 Å². The van der Waals surface area contributed by atoms with Gasteiger partial charge >= 0.3 is 0 Å². The van der Waals surface area contributed by atoms with Crippen molar-refractivity contribution >= 4 is 35.3 Å². The van der Waals surface area contributed by atoms with Gasteiger partial charge in [-0.05, 0) is 42.5 Å². The van der Waals surface area contributed by atoms with Gasteiger partial charge in [-0.25, -0.2) is 5.43 Å². The summed E-state index contributed by atoms with van der Waals surface area (Å²) >= 11 is 12.1. The van der Waals surface area contributed by atoms with Crippen LogP contribution in [0.25, 0.3) is 11.3 Å². The number of nitrogens with zero attached hydrogens (tertiary/aromatic N) is 2. The zero-order valence-corrected chi connectivity index (χ0v) is 14.9. The van der Waals surface area contributed by atoms with Crippen molar-refractivity contribution < 1.29 is 9.21 Å². The van der Waals surface area contributed by atoms with Crippen molar-refractivity contribution in [2.24, 2.45) is 12.1 Å². The Morgan fingerprint density at radius 3 is 2.84 bits per heavy atom. The minimum absolute atomic E-state index is 0.203. The lowest BCUT2D eigenvalue weighted by atomic mass is 10.2. The second-order valence-electron chi connectivity index (χ2n) is 5.41. The molecule has 7 heteroatoms. The van der Waals surface area contributed by atoms with Gasteiger partial charge in [-0.3, -0.25) is 4.79 Å². The molecule has 0 saturated heterocycles. The quantitative estimate of drug-likeness (QED) is 0.534. The number of furan rings is 1. The molecule has 0 radical (unpaired) electrons. The highest BCUT2D eigenvalue weighted by Gasteiger charge is 2.09. The first-order chi connectivity index (χ1) is 12.0. The topological polar surface area (TPSA) is 59.5 Å². The molecule has 0 bridgehead atoms. The van der Waals surface area contributed by atoms with Gasteiger partial charge in [0.1, 0.15) is 11.5 Å². The number of benzene rings is 1. The minimum atomic E-state index is -0.203. The third kappa shape index (κ3) is 4.32. The van der Waals surface area contributed by atoms with Gasteiger partial charge in [0.25, 0.3) is 0 Å². The molecular weight excluding hydrogens is 361 g/mol. The van der Waals surface area contributed by atoms with Crippen molar-refractivity contribution in [2.45, 2.75) is 6.42 Å². The van der Waals surface area contributed by atoms with Crippen molar-refractivity contribution in [2.75, 3.05) is 0 Å². The van der Waals surface area contributed by atoms with E-state index in [1.54, 1.807) is 30.3 Å². The molecule has 0 unspecified atom stereocenters. The fraction of sp³-hybridized carbons (Fsp3) is 0.111. The minimum Gasteiger partial charge on any atom is -0.455 e. The molecule has 3 aromatic rings. The Labute approximate surface area is 154 Å². The highest BCUT2D eigenvalue weighted by Crippen LogP contribution is 2.31. The van der Waals surface area contributed by atoms with E-state index in [9.17, 15) is 4.79 Å². The number of aromatic nitrogens is 1. The summed E-state index contributed by atoms with van der Waals surface area (Å²) in [4.78, 5) is 11.9. The maximum Gasteiger partial charge on any atom is 0.245 e. The largest absolute Gasteiger partial charge is 0.455 e. The number of carbonyl (C=O) groups is 1. The molecule has 0 aliphatic carbocycles. The summed E-state index contributed by atoms with van der Waals surface area (Å²) in [6, 6.07) is 12.5. The molecule has 2 aromatic heterocycles. The Kier molecular flexibility index (Phi) is 5.26. The Bertz CT molecular complexity index is 928. The number of nitrogens with one attached hydrogen (secondary N) is 1. The van der Waals surface area contributed by atoms with Crippen molar-refractivity contribution in [1.29, 1.82) is 0 Å². The van der Waals surface area contributed by atoms with Gasteiger partial charge in [-0.15, -0.1) is 0 Å². The summed E-state index contributed by atoms with van der Waals surface area (Å²) in [5, 5.41) is 4.97. The maximum absolute atomic E-state index is 11.9. The predicted octanol–water partition coefficient (Wildman–Crippen LogP) is 4.28. The third-order valence-corrected chi connectivity index (χ3v) is 4.15. The van der Waals surface area contributed by atoms with E-state index in [-0.39, 0.29) is 12.3 Å². The number of hydrogen-bond donors (Lipinski definition) is 1. The number of hydrazone groups is 1. The second-order valence-corrected chi connectivity index (χ2v) is 6.25. The van der Waals surface area contributed by atoms with Crippen LogP contribution in [0.5, 0.6) is 0 Å². The van der Waals surface area contributed by atoms with Crippen LogP contribution in [-0.4, -0.2) is 16.7 Å². The Morgan fingerprint density at radius 1 is 1.28 bits per heavy atom. The molecule has 1 aromatic carbocycles. The standard InChI is InChI=1S/C18H15Cl2N3O2/c1-23-8-2-3-13(23)10-18(24)22-21-11-14-5-7-17(25-14)15-6-4-12(19)9-16(15)20/h2-9,11H,10H2,1H3,(H,22,24)/b21-11+. The van der Waals surface area contributed by atoms with E-state index in [4.69, 9.17) is 27.6 Å². The molecule has 25 heavy (non-hydrogen) atoms. The lowest BCUT2D eigenvalue weighted by Gasteiger charge is -2.02. The number of amides is 1. The Hall–Kier alpha value is -2.50. The SMILES string of the molecule is Cn1cccc1CC(=O)N/N=C/c1ccc(-c2ccc(Cl)cc2Cl)o1.